The van der Waals surface area contributed by atoms with Gasteiger partial charge in [-0.3, -0.25) is 24.0 Å². The molecule has 4 N–H and O–H groups in total. The van der Waals surface area contributed by atoms with Crippen molar-refractivity contribution in [1.82, 2.24) is 39.5 Å². The third kappa shape index (κ3) is 7.08. The Balaban J connectivity index is 0.840. The van der Waals surface area contributed by atoms with Crippen LogP contribution in [0.25, 0.3) is 22.3 Å². The van der Waals surface area contributed by atoms with Gasteiger partial charge in [0.15, 0.2) is 5.82 Å². The lowest BCUT2D eigenvalue weighted by atomic mass is 10.1. The molecule has 2 amide bonds. The SMILES string of the molecule is CN(CCCC#Cc1cnc(N2C3CCC2CN(c2cc(-c4ccccc4O)nnc2N)C3)nc1)Cc1ccc2c(c1)n(C)c(=O)n2C1CCC(=O)NC1=O. The topological polar surface area (TPSA) is 181 Å². The number of benzene rings is 2. The van der Waals surface area contributed by atoms with Gasteiger partial charge in [-0.25, -0.2) is 14.8 Å². The number of hydrogen-bond donors (Lipinski definition) is 3. The zero-order chi connectivity index (χ0) is 38.2. The molecule has 0 aliphatic carbocycles. The first-order valence-corrected chi connectivity index (χ1v) is 18.6. The van der Waals surface area contributed by atoms with Crippen LogP contribution in [0.5, 0.6) is 5.75 Å². The molecule has 3 fully saturated rings. The van der Waals surface area contributed by atoms with Gasteiger partial charge in [0.05, 0.1) is 28.0 Å². The molecule has 6 heterocycles. The predicted octanol–water partition coefficient (Wildman–Crippen LogP) is 2.97. The maximum Gasteiger partial charge on any atom is 0.329 e. The number of nitrogens with one attached hydrogen (secondary N) is 1. The van der Waals surface area contributed by atoms with Crippen LogP contribution in [0.3, 0.4) is 0 Å². The van der Waals surface area contributed by atoms with Crippen molar-refractivity contribution in [3.8, 4) is 28.8 Å². The van der Waals surface area contributed by atoms with E-state index in [2.05, 4.69) is 49.1 Å². The molecule has 15 nitrogen and oxygen atoms in total. The van der Waals surface area contributed by atoms with Crippen molar-refractivity contribution in [2.45, 2.75) is 63.2 Å². The number of unbranched alkanes of at least 4 members (excludes halogenated alkanes) is 1. The van der Waals surface area contributed by atoms with Gasteiger partial charge in [0.1, 0.15) is 11.8 Å². The van der Waals surface area contributed by atoms with E-state index < -0.39 is 11.9 Å². The number of nitrogens with two attached hydrogens (primary N) is 1. The number of nitrogen functional groups attached to an aromatic ring is 1. The fourth-order valence-electron chi connectivity index (χ4n) is 8.14. The van der Waals surface area contributed by atoms with Crippen molar-refractivity contribution in [2.75, 3.05) is 42.2 Å². The van der Waals surface area contributed by atoms with Gasteiger partial charge in [-0.05, 0) is 75.2 Å². The zero-order valence-corrected chi connectivity index (χ0v) is 30.9. The Morgan fingerprint density at radius 3 is 2.49 bits per heavy atom. The van der Waals surface area contributed by atoms with E-state index in [4.69, 9.17) is 15.7 Å². The number of imidazole rings is 1. The number of fused-ring (bicyclic) bond motifs is 3. The van der Waals surface area contributed by atoms with Gasteiger partial charge in [-0.15, -0.1) is 10.2 Å². The number of phenolic OH excluding ortho intramolecular Hbond substituents is 1. The number of para-hydroxylation sites is 1. The van der Waals surface area contributed by atoms with Gasteiger partial charge in [-0.2, -0.15) is 0 Å². The molecule has 3 aromatic heterocycles. The second-order valence-electron chi connectivity index (χ2n) is 14.6. The van der Waals surface area contributed by atoms with Crippen LogP contribution in [0.4, 0.5) is 17.5 Å². The van der Waals surface area contributed by atoms with Crippen LogP contribution in [0.2, 0.25) is 0 Å². The predicted molar refractivity (Wildman–Crippen MR) is 208 cm³/mol. The average Bonchev–Trinajstić information content (AvgIpc) is 3.58. The highest BCUT2D eigenvalue weighted by atomic mass is 16.3. The van der Waals surface area contributed by atoms with Gasteiger partial charge in [0, 0.05) is 69.6 Å². The van der Waals surface area contributed by atoms with Crippen LogP contribution in [0, 0.1) is 11.8 Å². The van der Waals surface area contributed by atoms with Crippen molar-refractivity contribution >= 4 is 40.3 Å². The molecule has 3 aliphatic heterocycles. The molecule has 8 rings (SSSR count). The van der Waals surface area contributed by atoms with E-state index >= 15 is 0 Å². The van der Waals surface area contributed by atoms with Crippen molar-refractivity contribution < 1.29 is 14.7 Å². The number of nitrogens with zero attached hydrogens (tertiary/aromatic N) is 9. The Kier molecular flexibility index (Phi) is 9.66. The van der Waals surface area contributed by atoms with Crippen LogP contribution < -0.4 is 26.5 Å². The highest BCUT2D eigenvalue weighted by Crippen LogP contribution is 2.38. The van der Waals surface area contributed by atoms with E-state index in [-0.39, 0.29) is 35.9 Å². The van der Waals surface area contributed by atoms with E-state index in [9.17, 15) is 19.5 Å². The normalized spacial score (nSPS) is 19.5. The maximum absolute atomic E-state index is 13.1. The molecule has 15 heteroatoms. The largest absolute Gasteiger partial charge is 0.507 e. The Bertz CT molecular complexity index is 2380. The number of carbonyl (C=O) groups excluding carboxylic acids is 2. The molecule has 3 saturated heterocycles. The lowest BCUT2D eigenvalue weighted by Crippen LogP contribution is -2.54. The molecular weight excluding hydrogens is 699 g/mol. The van der Waals surface area contributed by atoms with Crippen molar-refractivity contribution in [1.29, 1.82) is 0 Å². The standard InChI is InChI=1S/C40H43N11O4/c1-47(22-25-11-14-31-33(18-25)48(2)40(55)51(31)32-15-16-36(53)44-38(32)54)17-7-3-4-8-26-20-42-39(43-21-26)50-27-12-13-28(50)24-49(23-27)34-19-30(45-46-37(34)41)29-9-5-6-10-35(29)52/h5-6,9-11,14,18-21,27-28,32,52H,3,7,12-13,15-17,22-24H2,1-2H3,(H2,41,46)(H,44,53,54). The Morgan fingerprint density at radius 1 is 0.982 bits per heavy atom. The highest BCUT2D eigenvalue weighted by Gasteiger charge is 2.42. The molecule has 3 atom stereocenters. The Labute approximate surface area is 317 Å². The van der Waals surface area contributed by atoms with E-state index in [1.54, 1.807) is 36.1 Å². The average molecular weight is 742 g/mol. The number of aryl methyl sites for hydroxylation is 1. The summed E-state index contributed by atoms with van der Waals surface area (Å²) in [5.74, 6) is 6.96. The van der Waals surface area contributed by atoms with Crippen LogP contribution in [0.15, 0.2) is 65.7 Å². The smallest absolute Gasteiger partial charge is 0.329 e. The Morgan fingerprint density at radius 2 is 1.75 bits per heavy atom. The quantitative estimate of drug-likeness (QED) is 0.114. The zero-order valence-electron chi connectivity index (χ0n) is 30.9. The summed E-state index contributed by atoms with van der Waals surface area (Å²) >= 11 is 0. The summed E-state index contributed by atoms with van der Waals surface area (Å²) in [5.41, 5.74) is 11.3. The molecule has 3 aliphatic rings. The summed E-state index contributed by atoms with van der Waals surface area (Å²) in [6.45, 7) is 3.03. The van der Waals surface area contributed by atoms with Gasteiger partial charge in [-0.1, -0.05) is 30.0 Å². The van der Waals surface area contributed by atoms with Gasteiger partial charge in [0.2, 0.25) is 17.8 Å². The molecule has 282 valence electrons. The van der Waals surface area contributed by atoms with Crippen LogP contribution in [0.1, 0.15) is 55.7 Å². The number of carbonyl (C=O) groups is 2. The first-order valence-electron chi connectivity index (χ1n) is 18.6. The molecule has 55 heavy (non-hydrogen) atoms. The molecule has 0 saturated carbocycles. The number of anilines is 3. The number of rotatable bonds is 9. The van der Waals surface area contributed by atoms with Gasteiger partial charge < -0.3 is 25.5 Å². The van der Waals surface area contributed by atoms with Crippen molar-refractivity contribution in [3.05, 3.63) is 82.5 Å². The summed E-state index contributed by atoms with van der Waals surface area (Å²) in [6.07, 6.45) is 7.77. The monoisotopic (exact) mass is 741 g/mol. The molecule has 5 aromatic rings. The maximum atomic E-state index is 13.1. The number of imide groups is 1. The summed E-state index contributed by atoms with van der Waals surface area (Å²) in [5, 5.41) is 21.2. The highest BCUT2D eigenvalue weighted by molar-refractivity contribution is 6.00. The minimum atomic E-state index is -0.699. The Hall–Kier alpha value is -6.27. The minimum Gasteiger partial charge on any atom is -0.507 e. The van der Waals surface area contributed by atoms with E-state index in [0.29, 0.717) is 41.5 Å². The molecule has 2 bridgehead atoms. The van der Waals surface area contributed by atoms with Gasteiger partial charge >= 0.3 is 5.69 Å². The minimum absolute atomic E-state index is 0.149. The second kappa shape index (κ2) is 14.9. The van der Waals surface area contributed by atoms with E-state index in [1.165, 1.54) is 4.57 Å². The van der Waals surface area contributed by atoms with Crippen LogP contribution in [-0.2, 0) is 23.2 Å². The van der Waals surface area contributed by atoms with E-state index in [1.807, 2.05) is 36.4 Å². The number of amides is 2. The van der Waals surface area contributed by atoms with E-state index in [0.717, 1.165) is 67.6 Å². The molecule has 0 radical (unpaired) electrons. The number of aromatic hydroxyl groups is 1. The first kappa shape index (κ1) is 35.7. The number of phenols is 1. The third-order valence-electron chi connectivity index (χ3n) is 10.9. The number of piperazine rings is 1. The van der Waals surface area contributed by atoms with Crippen molar-refractivity contribution in [3.63, 3.8) is 0 Å². The summed E-state index contributed by atoms with van der Waals surface area (Å²) in [6, 6.07) is 14.6. The van der Waals surface area contributed by atoms with Crippen molar-refractivity contribution in [2.24, 2.45) is 7.05 Å². The number of aromatic nitrogens is 6. The molecular formula is C40H43N11O4. The number of piperidine rings is 1. The summed E-state index contributed by atoms with van der Waals surface area (Å²) in [4.78, 5) is 53.5. The lowest BCUT2D eigenvalue weighted by Gasteiger charge is -2.42. The summed E-state index contributed by atoms with van der Waals surface area (Å²) < 4.78 is 3.06. The number of hydrogen-bond acceptors (Lipinski definition) is 12. The summed E-state index contributed by atoms with van der Waals surface area (Å²) in [7, 11) is 3.76. The van der Waals surface area contributed by atoms with Gasteiger partial charge in [0.25, 0.3) is 0 Å². The van der Waals surface area contributed by atoms with Crippen LogP contribution >= 0.6 is 0 Å². The fourth-order valence-corrected chi connectivity index (χ4v) is 8.14. The lowest BCUT2D eigenvalue weighted by molar-refractivity contribution is -0.135. The molecule has 3 unspecified atom stereocenters. The third-order valence-corrected chi connectivity index (χ3v) is 10.9. The van der Waals surface area contributed by atoms with Crippen LogP contribution in [-0.4, -0.2) is 89.9 Å². The molecule has 2 aromatic carbocycles. The second-order valence-corrected chi connectivity index (χ2v) is 14.6. The first-order chi connectivity index (χ1) is 26.6. The molecule has 0 spiro atoms. The fraction of sp³-hybridized carbons (Fsp3) is 0.375.